The molecule has 6 nitrogen and oxygen atoms in total. The highest BCUT2D eigenvalue weighted by Crippen LogP contribution is 2.19. The topological polar surface area (TPSA) is 86.3 Å². The van der Waals surface area contributed by atoms with E-state index >= 15 is 0 Å². The van der Waals surface area contributed by atoms with E-state index in [9.17, 15) is 17.2 Å². The van der Waals surface area contributed by atoms with E-state index in [0.717, 1.165) is 22.5 Å². The molecule has 0 bridgehead atoms. The zero-order chi connectivity index (χ0) is 21.6. The van der Waals surface area contributed by atoms with Gasteiger partial charge in [0.1, 0.15) is 16.5 Å². The molecular weight excluding hydrogens is 410 g/mol. The molecule has 3 aromatic rings. The molecule has 0 amide bonds. The first kappa shape index (κ1) is 21.8. The predicted octanol–water partition coefficient (Wildman–Crippen LogP) is 3.02. The van der Waals surface area contributed by atoms with E-state index in [0.29, 0.717) is 25.5 Å². The largest absolute Gasteiger partial charge is 0.361 e. The second-order valence-corrected chi connectivity index (χ2v) is 8.77. The summed E-state index contributed by atoms with van der Waals surface area (Å²) in [4.78, 5) is 7.07. The van der Waals surface area contributed by atoms with Crippen LogP contribution in [0.4, 0.5) is 8.78 Å². The molecule has 0 fully saturated rings. The van der Waals surface area contributed by atoms with Gasteiger partial charge in [0.2, 0.25) is 0 Å². The van der Waals surface area contributed by atoms with Crippen LogP contribution in [0, 0.1) is 11.6 Å². The molecule has 160 valence electrons. The Kier molecular flexibility index (Phi) is 7.04. The number of aliphatic imine (C=N–C) groups is 1. The van der Waals surface area contributed by atoms with Gasteiger partial charge in [-0.1, -0.05) is 12.1 Å². The van der Waals surface area contributed by atoms with Crippen LogP contribution >= 0.6 is 0 Å². The maximum Gasteiger partial charge on any atom is 0.191 e. The minimum Gasteiger partial charge on any atom is -0.361 e. The normalized spacial score (nSPS) is 12.3. The molecule has 9 heteroatoms. The SMILES string of the molecule is CCNC(=NCCS(=O)(=O)c1ccccc1F)NCCc1c[nH]c2ccc(F)cc12. The summed E-state index contributed by atoms with van der Waals surface area (Å²) in [7, 11) is -3.76. The molecule has 30 heavy (non-hydrogen) atoms. The molecule has 0 aliphatic heterocycles. The number of hydrogen-bond acceptors (Lipinski definition) is 3. The van der Waals surface area contributed by atoms with E-state index in [1.165, 1.54) is 30.3 Å². The van der Waals surface area contributed by atoms with Crippen LogP contribution in [0.25, 0.3) is 10.9 Å². The predicted molar refractivity (Wildman–Crippen MR) is 114 cm³/mol. The third-order valence-corrected chi connectivity index (χ3v) is 6.28. The summed E-state index contributed by atoms with van der Waals surface area (Å²) >= 11 is 0. The van der Waals surface area contributed by atoms with Crippen LogP contribution in [0.5, 0.6) is 0 Å². The zero-order valence-electron chi connectivity index (χ0n) is 16.6. The summed E-state index contributed by atoms with van der Waals surface area (Å²) in [6.07, 6.45) is 2.47. The Labute approximate surface area is 174 Å². The Morgan fingerprint density at radius 3 is 2.70 bits per heavy atom. The van der Waals surface area contributed by atoms with Crippen molar-refractivity contribution in [1.29, 1.82) is 0 Å². The summed E-state index contributed by atoms with van der Waals surface area (Å²) < 4.78 is 51.9. The van der Waals surface area contributed by atoms with Crippen LogP contribution in [0.15, 0.2) is 58.5 Å². The van der Waals surface area contributed by atoms with Crippen LogP contribution in [-0.4, -0.2) is 44.7 Å². The highest BCUT2D eigenvalue weighted by Gasteiger charge is 2.18. The second-order valence-electron chi connectivity index (χ2n) is 6.69. The zero-order valence-corrected chi connectivity index (χ0v) is 17.4. The smallest absolute Gasteiger partial charge is 0.191 e. The summed E-state index contributed by atoms with van der Waals surface area (Å²) in [6.45, 7) is 3.01. The summed E-state index contributed by atoms with van der Waals surface area (Å²) in [5, 5.41) is 7.02. The van der Waals surface area contributed by atoms with Gasteiger partial charge in [-0.15, -0.1) is 0 Å². The van der Waals surface area contributed by atoms with Gasteiger partial charge in [0, 0.05) is 30.2 Å². The number of nitrogens with one attached hydrogen (secondary N) is 3. The van der Waals surface area contributed by atoms with Crippen molar-refractivity contribution >= 4 is 26.7 Å². The van der Waals surface area contributed by atoms with Crippen molar-refractivity contribution in [3.63, 3.8) is 0 Å². The number of rotatable bonds is 8. The number of guanidine groups is 1. The number of aromatic amines is 1. The van der Waals surface area contributed by atoms with Gasteiger partial charge in [-0.2, -0.15) is 0 Å². The first-order valence-electron chi connectivity index (χ1n) is 9.65. The van der Waals surface area contributed by atoms with E-state index in [1.807, 2.05) is 13.1 Å². The molecule has 0 aliphatic carbocycles. The Hall–Kier alpha value is -2.94. The van der Waals surface area contributed by atoms with Crippen molar-refractivity contribution in [2.45, 2.75) is 18.2 Å². The van der Waals surface area contributed by atoms with Crippen LogP contribution in [-0.2, 0) is 16.3 Å². The first-order chi connectivity index (χ1) is 14.4. The highest BCUT2D eigenvalue weighted by molar-refractivity contribution is 7.91. The molecule has 1 aromatic heterocycles. The fourth-order valence-electron chi connectivity index (χ4n) is 3.10. The molecule has 0 aliphatic rings. The summed E-state index contributed by atoms with van der Waals surface area (Å²) in [5.41, 5.74) is 1.83. The molecule has 2 aromatic carbocycles. The van der Waals surface area contributed by atoms with E-state index in [2.05, 4.69) is 20.6 Å². The minimum atomic E-state index is -3.76. The van der Waals surface area contributed by atoms with Crippen molar-refractivity contribution in [3.8, 4) is 0 Å². The summed E-state index contributed by atoms with van der Waals surface area (Å²) in [5.74, 6) is -0.886. The van der Waals surface area contributed by atoms with Crippen molar-refractivity contribution in [2.75, 3.05) is 25.4 Å². The van der Waals surface area contributed by atoms with Gasteiger partial charge in [-0.25, -0.2) is 17.2 Å². The molecule has 0 radical (unpaired) electrons. The lowest BCUT2D eigenvalue weighted by Gasteiger charge is -2.11. The molecule has 0 saturated heterocycles. The molecule has 3 N–H and O–H groups in total. The van der Waals surface area contributed by atoms with Crippen molar-refractivity contribution in [2.24, 2.45) is 4.99 Å². The van der Waals surface area contributed by atoms with E-state index < -0.39 is 15.7 Å². The first-order valence-corrected chi connectivity index (χ1v) is 11.3. The van der Waals surface area contributed by atoms with Crippen LogP contribution in [0.1, 0.15) is 12.5 Å². The monoisotopic (exact) mass is 434 g/mol. The molecule has 3 rings (SSSR count). The second kappa shape index (κ2) is 9.71. The van der Waals surface area contributed by atoms with Crippen molar-refractivity contribution in [3.05, 3.63) is 65.9 Å². The number of sulfone groups is 1. The Balaban J connectivity index is 1.59. The molecule has 0 spiro atoms. The van der Waals surface area contributed by atoms with Gasteiger partial charge < -0.3 is 15.6 Å². The number of H-pyrrole nitrogens is 1. The van der Waals surface area contributed by atoms with Crippen molar-refractivity contribution < 1.29 is 17.2 Å². The lowest BCUT2D eigenvalue weighted by molar-refractivity contribution is 0.567. The molecule has 0 atom stereocenters. The van der Waals surface area contributed by atoms with Crippen LogP contribution < -0.4 is 10.6 Å². The average molecular weight is 435 g/mol. The Morgan fingerprint density at radius 1 is 1.13 bits per heavy atom. The lowest BCUT2D eigenvalue weighted by Crippen LogP contribution is -2.38. The lowest BCUT2D eigenvalue weighted by atomic mass is 10.1. The van der Waals surface area contributed by atoms with Crippen LogP contribution in [0.3, 0.4) is 0 Å². The van der Waals surface area contributed by atoms with Crippen molar-refractivity contribution in [1.82, 2.24) is 15.6 Å². The van der Waals surface area contributed by atoms with Gasteiger partial charge >= 0.3 is 0 Å². The third-order valence-electron chi connectivity index (χ3n) is 4.56. The summed E-state index contributed by atoms with van der Waals surface area (Å²) in [6, 6.07) is 9.91. The number of fused-ring (bicyclic) bond motifs is 1. The number of halogens is 2. The quantitative estimate of drug-likeness (QED) is 0.376. The third kappa shape index (κ3) is 5.35. The van der Waals surface area contributed by atoms with Crippen LogP contribution in [0.2, 0.25) is 0 Å². The van der Waals surface area contributed by atoms with Gasteiger partial charge in [0.05, 0.1) is 12.3 Å². The molecule has 0 saturated carbocycles. The standard InChI is InChI=1S/C21H24F2N4O2S/c1-2-24-21(26-11-12-30(28,29)20-6-4-3-5-18(20)23)25-10-9-15-14-27-19-8-7-16(22)13-17(15)19/h3-8,13-14,27H,2,9-12H2,1H3,(H2,24,25,26). The molecule has 1 heterocycles. The average Bonchev–Trinajstić information content (AvgIpc) is 3.10. The van der Waals surface area contributed by atoms with Gasteiger partial charge in [0.15, 0.2) is 15.8 Å². The number of benzene rings is 2. The van der Waals surface area contributed by atoms with Gasteiger partial charge in [-0.3, -0.25) is 4.99 Å². The number of nitrogens with zero attached hydrogens (tertiary/aromatic N) is 1. The maximum atomic E-state index is 13.8. The van der Waals surface area contributed by atoms with E-state index in [1.54, 1.807) is 6.07 Å². The minimum absolute atomic E-state index is 0.00963. The number of aromatic nitrogens is 1. The maximum absolute atomic E-state index is 13.8. The van der Waals surface area contributed by atoms with Gasteiger partial charge in [-0.05, 0) is 49.2 Å². The number of hydrogen-bond donors (Lipinski definition) is 3. The Bertz CT molecular complexity index is 1140. The van der Waals surface area contributed by atoms with Gasteiger partial charge in [0.25, 0.3) is 0 Å². The highest BCUT2D eigenvalue weighted by atomic mass is 32.2. The van der Waals surface area contributed by atoms with E-state index in [-0.39, 0.29) is 23.0 Å². The molecule has 0 unspecified atom stereocenters. The molecular formula is C21H24F2N4O2S. The fourth-order valence-corrected chi connectivity index (χ4v) is 4.30. The van der Waals surface area contributed by atoms with E-state index in [4.69, 9.17) is 0 Å². The Morgan fingerprint density at radius 2 is 1.93 bits per heavy atom. The fraction of sp³-hybridized carbons (Fsp3) is 0.286.